The van der Waals surface area contributed by atoms with Crippen LogP contribution in [-0.4, -0.2) is 30.3 Å². The van der Waals surface area contributed by atoms with Crippen LogP contribution in [0.15, 0.2) is 18.3 Å². The van der Waals surface area contributed by atoms with Crippen LogP contribution in [0.3, 0.4) is 0 Å². The number of morpholine rings is 1. The lowest BCUT2D eigenvalue weighted by molar-refractivity contribution is -0.0279. The Morgan fingerprint density at radius 3 is 3.00 bits per heavy atom. The SMILES string of the molecule is CC1(C)CN(c2cc(N)ccn2)CCO1. The number of hydrogen-bond acceptors (Lipinski definition) is 4. The van der Waals surface area contributed by atoms with Crippen molar-refractivity contribution in [3.63, 3.8) is 0 Å². The summed E-state index contributed by atoms with van der Waals surface area (Å²) in [5.41, 5.74) is 6.38. The highest BCUT2D eigenvalue weighted by molar-refractivity contribution is 5.50. The fourth-order valence-electron chi connectivity index (χ4n) is 1.82. The molecule has 0 aliphatic carbocycles. The van der Waals surface area contributed by atoms with Gasteiger partial charge in [-0.2, -0.15) is 0 Å². The van der Waals surface area contributed by atoms with Crippen LogP contribution in [0, 0.1) is 0 Å². The van der Waals surface area contributed by atoms with E-state index in [4.69, 9.17) is 10.5 Å². The smallest absolute Gasteiger partial charge is 0.130 e. The molecule has 4 heteroatoms. The Morgan fingerprint density at radius 2 is 2.33 bits per heavy atom. The average molecular weight is 207 g/mol. The maximum absolute atomic E-state index is 5.73. The summed E-state index contributed by atoms with van der Waals surface area (Å²) >= 11 is 0. The molecule has 1 aliphatic heterocycles. The third kappa shape index (κ3) is 2.39. The topological polar surface area (TPSA) is 51.4 Å². The van der Waals surface area contributed by atoms with Crippen molar-refractivity contribution in [1.29, 1.82) is 0 Å². The lowest BCUT2D eigenvalue weighted by Gasteiger charge is -2.38. The Balaban J connectivity index is 2.17. The fraction of sp³-hybridized carbons (Fsp3) is 0.545. The Morgan fingerprint density at radius 1 is 1.53 bits per heavy atom. The highest BCUT2D eigenvalue weighted by atomic mass is 16.5. The maximum atomic E-state index is 5.73. The number of ether oxygens (including phenoxy) is 1. The van der Waals surface area contributed by atoms with Crippen LogP contribution in [0.4, 0.5) is 11.5 Å². The molecule has 0 aromatic carbocycles. The second kappa shape index (κ2) is 3.70. The molecule has 2 N–H and O–H groups in total. The summed E-state index contributed by atoms with van der Waals surface area (Å²) in [7, 11) is 0. The van der Waals surface area contributed by atoms with Crippen LogP contribution in [0.2, 0.25) is 0 Å². The van der Waals surface area contributed by atoms with Crippen LogP contribution in [-0.2, 0) is 4.74 Å². The third-order valence-corrected chi connectivity index (χ3v) is 2.52. The first-order valence-corrected chi connectivity index (χ1v) is 5.17. The standard InChI is InChI=1S/C11H17N3O/c1-11(2)8-14(5-6-15-11)10-7-9(12)3-4-13-10/h3-4,7H,5-6,8H2,1-2H3,(H2,12,13). The highest BCUT2D eigenvalue weighted by Gasteiger charge is 2.27. The van der Waals surface area contributed by atoms with Crippen molar-refractivity contribution in [3.8, 4) is 0 Å². The minimum Gasteiger partial charge on any atom is -0.399 e. The molecule has 82 valence electrons. The number of nitrogen functional groups attached to an aromatic ring is 1. The molecule has 1 saturated heterocycles. The largest absolute Gasteiger partial charge is 0.399 e. The van der Waals surface area contributed by atoms with Crippen LogP contribution >= 0.6 is 0 Å². The Bertz CT molecular complexity index is 351. The molecule has 1 fully saturated rings. The molecule has 0 bridgehead atoms. The lowest BCUT2D eigenvalue weighted by atomic mass is 10.1. The quantitative estimate of drug-likeness (QED) is 0.753. The van der Waals surface area contributed by atoms with Crippen molar-refractivity contribution < 1.29 is 4.74 Å². The van der Waals surface area contributed by atoms with Crippen molar-refractivity contribution in [3.05, 3.63) is 18.3 Å². The molecule has 1 aliphatic rings. The molecule has 0 atom stereocenters. The average Bonchev–Trinajstić information content (AvgIpc) is 2.16. The lowest BCUT2D eigenvalue weighted by Crippen LogP contribution is -2.48. The predicted molar refractivity (Wildman–Crippen MR) is 60.9 cm³/mol. The summed E-state index contributed by atoms with van der Waals surface area (Å²) in [4.78, 5) is 6.53. The molecule has 0 radical (unpaired) electrons. The number of pyridine rings is 1. The number of rotatable bonds is 1. The number of nitrogens with zero attached hydrogens (tertiary/aromatic N) is 2. The Kier molecular flexibility index (Phi) is 2.52. The van der Waals surface area contributed by atoms with E-state index in [0.717, 1.165) is 31.2 Å². The fourth-order valence-corrected chi connectivity index (χ4v) is 1.82. The van der Waals surface area contributed by atoms with Gasteiger partial charge >= 0.3 is 0 Å². The molecule has 0 unspecified atom stereocenters. The first-order chi connectivity index (χ1) is 7.07. The zero-order chi connectivity index (χ0) is 10.9. The first-order valence-electron chi connectivity index (χ1n) is 5.17. The summed E-state index contributed by atoms with van der Waals surface area (Å²) in [6.45, 7) is 6.64. The zero-order valence-electron chi connectivity index (χ0n) is 9.23. The van der Waals surface area contributed by atoms with Crippen LogP contribution < -0.4 is 10.6 Å². The number of hydrogen-bond donors (Lipinski definition) is 1. The van der Waals surface area contributed by atoms with Crippen LogP contribution in [0.1, 0.15) is 13.8 Å². The monoisotopic (exact) mass is 207 g/mol. The third-order valence-electron chi connectivity index (χ3n) is 2.52. The minimum absolute atomic E-state index is 0.107. The van der Waals surface area contributed by atoms with E-state index in [1.54, 1.807) is 12.3 Å². The van der Waals surface area contributed by atoms with Crippen molar-refractivity contribution in [2.24, 2.45) is 0 Å². The minimum atomic E-state index is -0.107. The summed E-state index contributed by atoms with van der Waals surface area (Å²) in [6, 6.07) is 3.70. The normalized spacial score (nSPS) is 20.3. The van der Waals surface area contributed by atoms with E-state index < -0.39 is 0 Å². The summed E-state index contributed by atoms with van der Waals surface area (Å²) < 4.78 is 5.65. The van der Waals surface area contributed by atoms with E-state index in [2.05, 4.69) is 23.7 Å². The van der Waals surface area contributed by atoms with E-state index in [1.807, 2.05) is 6.07 Å². The van der Waals surface area contributed by atoms with Gasteiger partial charge in [-0.25, -0.2) is 4.98 Å². The van der Waals surface area contributed by atoms with Gasteiger partial charge in [0.2, 0.25) is 0 Å². The van der Waals surface area contributed by atoms with E-state index in [-0.39, 0.29) is 5.60 Å². The van der Waals surface area contributed by atoms with Gasteiger partial charge in [-0.3, -0.25) is 0 Å². The highest BCUT2D eigenvalue weighted by Crippen LogP contribution is 2.22. The molecular weight excluding hydrogens is 190 g/mol. The van der Waals surface area contributed by atoms with Gasteiger partial charge in [0.15, 0.2) is 0 Å². The summed E-state index contributed by atoms with van der Waals surface area (Å²) in [5, 5.41) is 0. The molecular formula is C11H17N3O. The van der Waals surface area contributed by atoms with Crippen LogP contribution in [0.5, 0.6) is 0 Å². The second-order valence-electron chi connectivity index (χ2n) is 4.48. The van der Waals surface area contributed by atoms with Gasteiger partial charge in [0.25, 0.3) is 0 Å². The van der Waals surface area contributed by atoms with Crippen molar-refractivity contribution in [1.82, 2.24) is 4.98 Å². The zero-order valence-corrected chi connectivity index (χ0v) is 9.23. The summed E-state index contributed by atoms with van der Waals surface area (Å²) in [6.07, 6.45) is 1.74. The van der Waals surface area contributed by atoms with Gasteiger partial charge in [-0.05, 0) is 19.9 Å². The van der Waals surface area contributed by atoms with E-state index >= 15 is 0 Å². The van der Waals surface area contributed by atoms with E-state index in [9.17, 15) is 0 Å². The number of aromatic nitrogens is 1. The molecule has 2 rings (SSSR count). The van der Waals surface area contributed by atoms with E-state index in [1.165, 1.54) is 0 Å². The summed E-state index contributed by atoms with van der Waals surface area (Å²) in [5.74, 6) is 0.936. The molecule has 0 spiro atoms. The Hall–Kier alpha value is -1.29. The number of nitrogens with two attached hydrogens (primary N) is 1. The van der Waals surface area contributed by atoms with Crippen molar-refractivity contribution in [2.45, 2.75) is 19.4 Å². The second-order valence-corrected chi connectivity index (χ2v) is 4.48. The van der Waals surface area contributed by atoms with Crippen LogP contribution in [0.25, 0.3) is 0 Å². The van der Waals surface area contributed by atoms with Gasteiger partial charge in [0.1, 0.15) is 5.82 Å². The molecule has 1 aromatic rings. The van der Waals surface area contributed by atoms with E-state index in [0.29, 0.717) is 0 Å². The van der Waals surface area contributed by atoms with Gasteiger partial charge in [0.05, 0.1) is 12.2 Å². The molecule has 4 nitrogen and oxygen atoms in total. The van der Waals surface area contributed by atoms with Gasteiger partial charge in [0, 0.05) is 31.0 Å². The molecule has 0 amide bonds. The molecule has 1 aromatic heterocycles. The molecule has 0 saturated carbocycles. The van der Waals surface area contributed by atoms with Gasteiger partial charge in [-0.1, -0.05) is 0 Å². The number of anilines is 2. The molecule has 15 heavy (non-hydrogen) atoms. The van der Waals surface area contributed by atoms with Gasteiger partial charge < -0.3 is 15.4 Å². The molecule has 2 heterocycles. The predicted octanol–water partition coefficient (Wildman–Crippen LogP) is 1.28. The van der Waals surface area contributed by atoms with Crippen molar-refractivity contribution >= 4 is 11.5 Å². The maximum Gasteiger partial charge on any atom is 0.130 e. The van der Waals surface area contributed by atoms with Crippen molar-refractivity contribution in [2.75, 3.05) is 30.3 Å². The Labute approximate surface area is 90.0 Å². The first kappa shape index (κ1) is 10.2. The van der Waals surface area contributed by atoms with Gasteiger partial charge in [-0.15, -0.1) is 0 Å².